The van der Waals surface area contributed by atoms with Gasteiger partial charge in [0.05, 0.1) is 0 Å². The van der Waals surface area contributed by atoms with E-state index in [1.807, 2.05) is 0 Å². The third-order valence-corrected chi connectivity index (χ3v) is 4.23. The molecule has 0 aromatic rings. The molecule has 0 aliphatic heterocycles. The van der Waals surface area contributed by atoms with Gasteiger partial charge >= 0.3 is 0 Å². The molecule has 0 aromatic heterocycles. The number of rotatable bonds is 3. The normalized spacial score (nSPS) is 27.7. The SMILES string of the molecule is CC(C)NC(C)C1C(C)(C)C1(C)C. The lowest BCUT2D eigenvalue weighted by Gasteiger charge is -2.18. The Labute approximate surface area is 83.3 Å². The standard InChI is InChI=1S/C12H25N/c1-8(2)13-9(3)10-11(4,5)12(10,6)7/h8-10,13H,1-7H3. The molecule has 0 spiro atoms. The zero-order valence-corrected chi connectivity index (χ0v) is 10.2. The summed E-state index contributed by atoms with van der Waals surface area (Å²) in [5.41, 5.74) is 1.02. The minimum Gasteiger partial charge on any atom is -0.312 e. The topological polar surface area (TPSA) is 12.0 Å². The Morgan fingerprint density at radius 1 is 0.923 bits per heavy atom. The smallest absolute Gasteiger partial charge is 0.00799 e. The fourth-order valence-corrected chi connectivity index (χ4v) is 3.12. The molecule has 13 heavy (non-hydrogen) atoms. The molecule has 1 atom stereocenters. The van der Waals surface area contributed by atoms with Gasteiger partial charge in [0.2, 0.25) is 0 Å². The molecule has 0 bridgehead atoms. The van der Waals surface area contributed by atoms with Crippen LogP contribution in [0.2, 0.25) is 0 Å². The first-order chi connectivity index (χ1) is 5.71. The van der Waals surface area contributed by atoms with Gasteiger partial charge in [-0.1, -0.05) is 41.5 Å². The Morgan fingerprint density at radius 3 is 1.54 bits per heavy atom. The Morgan fingerprint density at radius 2 is 1.31 bits per heavy atom. The molecule has 78 valence electrons. The van der Waals surface area contributed by atoms with E-state index in [1.54, 1.807) is 0 Å². The van der Waals surface area contributed by atoms with E-state index in [0.717, 1.165) is 5.92 Å². The highest BCUT2D eigenvalue weighted by Gasteiger charge is 2.66. The van der Waals surface area contributed by atoms with E-state index in [2.05, 4.69) is 53.8 Å². The molecule has 1 unspecified atom stereocenters. The average Bonchev–Trinajstić information content (AvgIpc) is 2.20. The fraction of sp³-hybridized carbons (Fsp3) is 1.00. The van der Waals surface area contributed by atoms with Crippen LogP contribution in [0.4, 0.5) is 0 Å². The Balaban J connectivity index is 2.57. The predicted octanol–water partition coefficient (Wildman–Crippen LogP) is 3.06. The Bertz CT molecular complexity index is 177. The van der Waals surface area contributed by atoms with Gasteiger partial charge in [0.1, 0.15) is 0 Å². The zero-order valence-electron chi connectivity index (χ0n) is 10.2. The first kappa shape index (κ1) is 11.0. The van der Waals surface area contributed by atoms with Crippen LogP contribution in [0.1, 0.15) is 48.5 Å². The van der Waals surface area contributed by atoms with Gasteiger partial charge in [-0.2, -0.15) is 0 Å². The van der Waals surface area contributed by atoms with Crippen LogP contribution in [0.3, 0.4) is 0 Å². The first-order valence-electron chi connectivity index (χ1n) is 5.47. The van der Waals surface area contributed by atoms with Crippen molar-refractivity contribution in [2.24, 2.45) is 16.7 Å². The van der Waals surface area contributed by atoms with Crippen molar-refractivity contribution < 1.29 is 0 Å². The molecule has 1 saturated carbocycles. The Kier molecular flexibility index (Phi) is 2.53. The summed E-state index contributed by atoms with van der Waals surface area (Å²) >= 11 is 0. The van der Waals surface area contributed by atoms with Crippen LogP contribution in [0.25, 0.3) is 0 Å². The summed E-state index contributed by atoms with van der Waals surface area (Å²) in [6.07, 6.45) is 0. The van der Waals surface area contributed by atoms with Crippen molar-refractivity contribution >= 4 is 0 Å². The molecule has 1 fully saturated rings. The van der Waals surface area contributed by atoms with Crippen LogP contribution >= 0.6 is 0 Å². The maximum Gasteiger partial charge on any atom is 0.00799 e. The lowest BCUT2D eigenvalue weighted by Crippen LogP contribution is -2.35. The average molecular weight is 183 g/mol. The lowest BCUT2D eigenvalue weighted by molar-refractivity contribution is 0.394. The highest BCUT2D eigenvalue weighted by Crippen LogP contribution is 2.69. The van der Waals surface area contributed by atoms with Crippen molar-refractivity contribution in [3.63, 3.8) is 0 Å². The molecule has 0 amide bonds. The van der Waals surface area contributed by atoms with Crippen molar-refractivity contribution in [1.29, 1.82) is 0 Å². The van der Waals surface area contributed by atoms with Gasteiger partial charge in [-0.05, 0) is 23.7 Å². The Hall–Kier alpha value is -0.0400. The fourth-order valence-electron chi connectivity index (χ4n) is 3.12. The van der Waals surface area contributed by atoms with E-state index in [0.29, 0.717) is 22.9 Å². The molecule has 1 N–H and O–H groups in total. The van der Waals surface area contributed by atoms with Crippen LogP contribution in [-0.4, -0.2) is 12.1 Å². The van der Waals surface area contributed by atoms with Gasteiger partial charge in [0.15, 0.2) is 0 Å². The molecule has 1 heteroatoms. The number of hydrogen-bond donors (Lipinski definition) is 1. The van der Waals surface area contributed by atoms with E-state index in [-0.39, 0.29) is 0 Å². The number of hydrogen-bond acceptors (Lipinski definition) is 1. The summed E-state index contributed by atoms with van der Waals surface area (Å²) in [5.74, 6) is 0.822. The number of nitrogens with one attached hydrogen (secondary N) is 1. The lowest BCUT2D eigenvalue weighted by atomic mass is 10.0. The van der Waals surface area contributed by atoms with Crippen molar-refractivity contribution in [2.45, 2.75) is 60.5 Å². The summed E-state index contributed by atoms with van der Waals surface area (Å²) in [6, 6.07) is 1.24. The summed E-state index contributed by atoms with van der Waals surface area (Å²) < 4.78 is 0. The van der Waals surface area contributed by atoms with E-state index in [9.17, 15) is 0 Å². The molecular formula is C12H25N. The molecule has 1 rings (SSSR count). The summed E-state index contributed by atoms with van der Waals surface area (Å²) in [7, 11) is 0. The van der Waals surface area contributed by atoms with Crippen LogP contribution < -0.4 is 5.32 Å². The van der Waals surface area contributed by atoms with Gasteiger partial charge in [-0.15, -0.1) is 0 Å². The van der Waals surface area contributed by atoms with Crippen molar-refractivity contribution in [1.82, 2.24) is 5.32 Å². The van der Waals surface area contributed by atoms with Crippen molar-refractivity contribution in [2.75, 3.05) is 0 Å². The highest BCUT2D eigenvalue weighted by atomic mass is 15.0. The summed E-state index contributed by atoms with van der Waals surface area (Å²) in [6.45, 7) is 16.3. The monoisotopic (exact) mass is 183 g/mol. The molecule has 0 saturated heterocycles. The van der Waals surface area contributed by atoms with Crippen LogP contribution in [0, 0.1) is 16.7 Å². The highest BCUT2D eigenvalue weighted by molar-refractivity contribution is 5.15. The summed E-state index contributed by atoms with van der Waals surface area (Å²) in [4.78, 5) is 0. The molecule has 1 nitrogen and oxygen atoms in total. The minimum absolute atomic E-state index is 0.508. The van der Waals surface area contributed by atoms with E-state index < -0.39 is 0 Å². The van der Waals surface area contributed by atoms with Crippen LogP contribution in [-0.2, 0) is 0 Å². The van der Waals surface area contributed by atoms with Gasteiger partial charge in [0.25, 0.3) is 0 Å². The minimum atomic E-state index is 0.508. The van der Waals surface area contributed by atoms with Crippen molar-refractivity contribution in [3.05, 3.63) is 0 Å². The van der Waals surface area contributed by atoms with Crippen LogP contribution in [0.15, 0.2) is 0 Å². The molecule has 0 heterocycles. The maximum absolute atomic E-state index is 3.62. The zero-order chi connectivity index (χ0) is 10.4. The van der Waals surface area contributed by atoms with E-state index in [1.165, 1.54) is 0 Å². The van der Waals surface area contributed by atoms with Crippen LogP contribution in [0.5, 0.6) is 0 Å². The van der Waals surface area contributed by atoms with E-state index >= 15 is 0 Å². The molecule has 0 aromatic carbocycles. The largest absolute Gasteiger partial charge is 0.312 e. The third kappa shape index (κ3) is 1.63. The van der Waals surface area contributed by atoms with E-state index in [4.69, 9.17) is 0 Å². The second kappa shape index (κ2) is 2.98. The molecule has 1 aliphatic rings. The quantitative estimate of drug-likeness (QED) is 0.709. The van der Waals surface area contributed by atoms with Gasteiger partial charge in [-0.3, -0.25) is 0 Å². The molecule has 0 radical (unpaired) electrons. The van der Waals surface area contributed by atoms with Gasteiger partial charge in [0, 0.05) is 12.1 Å². The summed E-state index contributed by atoms with van der Waals surface area (Å²) in [5, 5.41) is 3.62. The van der Waals surface area contributed by atoms with Gasteiger partial charge in [-0.25, -0.2) is 0 Å². The predicted molar refractivity (Wildman–Crippen MR) is 58.8 cm³/mol. The maximum atomic E-state index is 3.62. The molecular weight excluding hydrogens is 158 g/mol. The second-order valence-corrected chi connectivity index (χ2v) is 6.03. The molecule has 1 aliphatic carbocycles. The van der Waals surface area contributed by atoms with Crippen molar-refractivity contribution in [3.8, 4) is 0 Å². The third-order valence-electron chi connectivity index (χ3n) is 4.23. The first-order valence-corrected chi connectivity index (χ1v) is 5.47. The second-order valence-electron chi connectivity index (χ2n) is 6.03. The van der Waals surface area contributed by atoms with Gasteiger partial charge < -0.3 is 5.32 Å².